The molecule has 2 aromatic carbocycles. The van der Waals surface area contributed by atoms with Crippen molar-refractivity contribution in [2.45, 2.75) is 18.9 Å². The van der Waals surface area contributed by atoms with E-state index >= 15 is 0 Å². The maximum atomic E-state index is 12.7. The fourth-order valence-electron chi connectivity index (χ4n) is 2.83. The summed E-state index contributed by atoms with van der Waals surface area (Å²) in [6.45, 7) is 0.798. The van der Waals surface area contributed by atoms with Gasteiger partial charge >= 0.3 is 0 Å². The lowest BCUT2D eigenvalue weighted by Crippen LogP contribution is -2.30. The molecule has 3 rings (SSSR count). The molecule has 1 aliphatic rings. The van der Waals surface area contributed by atoms with Gasteiger partial charge < -0.3 is 4.90 Å². The lowest BCUT2D eigenvalue weighted by molar-refractivity contribution is 0.0735. The number of likely N-dealkylation sites (tertiary alicyclic amines) is 1. The first-order valence-corrected chi connectivity index (χ1v) is 8.14. The smallest absolute Gasteiger partial charge is 0.254 e. The summed E-state index contributed by atoms with van der Waals surface area (Å²) >= 11 is 9.47. The minimum atomic E-state index is 0.0879. The van der Waals surface area contributed by atoms with Crippen LogP contribution in [0.4, 0.5) is 0 Å². The maximum Gasteiger partial charge on any atom is 0.254 e. The topological polar surface area (TPSA) is 20.3 Å². The molecule has 1 heterocycles. The lowest BCUT2D eigenvalue weighted by atomic mass is 10.0. The number of carbonyl (C=O) groups is 1. The van der Waals surface area contributed by atoms with Crippen molar-refractivity contribution in [1.29, 1.82) is 0 Å². The number of halogens is 2. The zero-order valence-corrected chi connectivity index (χ0v) is 13.8. The summed E-state index contributed by atoms with van der Waals surface area (Å²) in [4.78, 5) is 14.7. The Hall–Kier alpha value is -1.32. The molecule has 0 radical (unpaired) electrons. The maximum absolute atomic E-state index is 12.7. The quantitative estimate of drug-likeness (QED) is 0.727. The average molecular weight is 365 g/mol. The van der Waals surface area contributed by atoms with E-state index in [1.54, 1.807) is 0 Å². The summed E-state index contributed by atoms with van der Waals surface area (Å²) in [5.74, 6) is 0.0879. The van der Waals surface area contributed by atoms with Gasteiger partial charge in [-0.3, -0.25) is 4.79 Å². The fourth-order valence-corrected chi connectivity index (χ4v) is 3.29. The van der Waals surface area contributed by atoms with Gasteiger partial charge in [0.2, 0.25) is 0 Å². The van der Waals surface area contributed by atoms with Crippen molar-refractivity contribution in [1.82, 2.24) is 4.90 Å². The number of carbonyl (C=O) groups excluding carboxylic acids is 1. The van der Waals surface area contributed by atoms with Crippen LogP contribution in [0.5, 0.6) is 0 Å². The van der Waals surface area contributed by atoms with Gasteiger partial charge in [0, 0.05) is 21.6 Å². The third-order valence-corrected chi connectivity index (χ3v) is 4.60. The molecule has 2 nitrogen and oxygen atoms in total. The molecule has 0 bridgehead atoms. The van der Waals surface area contributed by atoms with Crippen molar-refractivity contribution in [3.8, 4) is 0 Å². The van der Waals surface area contributed by atoms with Gasteiger partial charge in [-0.2, -0.15) is 0 Å². The van der Waals surface area contributed by atoms with E-state index in [9.17, 15) is 4.79 Å². The molecule has 0 N–H and O–H groups in total. The van der Waals surface area contributed by atoms with Crippen molar-refractivity contribution in [3.05, 3.63) is 69.2 Å². The van der Waals surface area contributed by atoms with E-state index in [0.717, 1.165) is 40.0 Å². The first kappa shape index (κ1) is 14.6. The summed E-state index contributed by atoms with van der Waals surface area (Å²) in [6.07, 6.45) is 2.02. The number of amides is 1. The van der Waals surface area contributed by atoms with Gasteiger partial charge in [0.1, 0.15) is 0 Å². The van der Waals surface area contributed by atoms with Crippen molar-refractivity contribution in [2.24, 2.45) is 0 Å². The summed E-state index contributed by atoms with van der Waals surface area (Å²) < 4.78 is 0.979. The number of nitrogens with zero attached hydrogens (tertiary/aromatic N) is 1. The van der Waals surface area contributed by atoms with Crippen LogP contribution in [0.2, 0.25) is 5.02 Å². The van der Waals surface area contributed by atoms with Crippen LogP contribution in [0.25, 0.3) is 0 Å². The van der Waals surface area contributed by atoms with Gasteiger partial charge in [-0.25, -0.2) is 0 Å². The average Bonchev–Trinajstić information content (AvgIpc) is 2.97. The van der Waals surface area contributed by atoms with Crippen LogP contribution in [0, 0.1) is 0 Å². The van der Waals surface area contributed by atoms with Crippen LogP contribution in [-0.2, 0) is 0 Å². The van der Waals surface area contributed by atoms with Crippen LogP contribution in [0.3, 0.4) is 0 Å². The molecule has 108 valence electrons. The summed E-state index contributed by atoms with van der Waals surface area (Å²) in [5, 5.41) is 0.718. The Labute approximate surface area is 137 Å². The Bertz CT molecular complexity index is 656. The highest BCUT2D eigenvalue weighted by atomic mass is 79.9. The van der Waals surface area contributed by atoms with Gasteiger partial charge in [0.15, 0.2) is 0 Å². The lowest BCUT2D eigenvalue weighted by Gasteiger charge is -2.25. The van der Waals surface area contributed by atoms with E-state index in [2.05, 4.69) is 15.9 Å². The Morgan fingerprint density at radius 1 is 1.19 bits per heavy atom. The van der Waals surface area contributed by atoms with Gasteiger partial charge in [-0.1, -0.05) is 39.7 Å². The van der Waals surface area contributed by atoms with Gasteiger partial charge in [0.05, 0.1) is 6.04 Å². The molecule has 1 aliphatic heterocycles. The van der Waals surface area contributed by atoms with Crippen LogP contribution < -0.4 is 0 Å². The van der Waals surface area contributed by atoms with E-state index in [-0.39, 0.29) is 11.9 Å². The second-order valence-corrected chi connectivity index (χ2v) is 6.57. The molecular weight excluding hydrogens is 350 g/mol. The Balaban J connectivity index is 1.87. The Kier molecular flexibility index (Phi) is 4.32. The predicted molar refractivity (Wildman–Crippen MR) is 88.6 cm³/mol. The second-order valence-electron chi connectivity index (χ2n) is 5.22. The van der Waals surface area contributed by atoms with E-state index < -0.39 is 0 Å². The highest BCUT2D eigenvalue weighted by Crippen LogP contribution is 2.34. The molecule has 1 fully saturated rings. The molecule has 4 heteroatoms. The predicted octanol–water partition coefficient (Wildman–Crippen LogP) is 5.08. The highest BCUT2D eigenvalue weighted by molar-refractivity contribution is 9.10. The zero-order chi connectivity index (χ0) is 14.8. The summed E-state index contributed by atoms with van der Waals surface area (Å²) in [7, 11) is 0. The van der Waals surface area contributed by atoms with Crippen molar-refractivity contribution < 1.29 is 4.79 Å². The van der Waals surface area contributed by atoms with Crippen LogP contribution in [0.15, 0.2) is 53.0 Å². The molecule has 0 spiro atoms. The monoisotopic (exact) mass is 363 g/mol. The summed E-state index contributed by atoms with van der Waals surface area (Å²) in [5.41, 5.74) is 1.84. The molecule has 0 aliphatic carbocycles. The van der Waals surface area contributed by atoms with Gasteiger partial charge in [-0.15, -0.1) is 0 Å². The molecule has 0 aromatic heterocycles. The number of hydrogen-bond acceptors (Lipinski definition) is 1. The normalized spacial score (nSPS) is 18.0. The zero-order valence-electron chi connectivity index (χ0n) is 11.4. The molecule has 2 aromatic rings. The molecule has 1 saturated heterocycles. The molecule has 1 unspecified atom stereocenters. The first-order valence-electron chi connectivity index (χ1n) is 6.97. The number of rotatable bonds is 2. The van der Waals surface area contributed by atoms with Crippen LogP contribution >= 0.6 is 27.5 Å². The standard InChI is InChI=1S/C17H15BrClNO/c18-14-8-6-12(7-9-14)17(21)20-10-2-5-16(20)13-3-1-4-15(19)11-13/h1,3-4,6-9,11,16H,2,5,10H2. The molecule has 1 atom stereocenters. The van der Waals surface area contributed by atoms with Crippen molar-refractivity contribution in [3.63, 3.8) is 0 Å². The summed E-state index contributed by atoms with van der Waals surface area (Å²) in [6, 6.07) is 15.5. The van der Waals surface area contributed by atoms with Crippen LogP contribution in [0.1, 0.15) is 34.8 Å². The largest absolute Gasteiger partial charge is 0.332 e. The third kappa shape index (κ3) is 3.14. The first-order chi connectivity index (χ1) is 10.1. The SMILES string of the molecule is O=C(c1ccc(Br)cc1)N1CCCC1c1cccc(Cl)c1. The highest BCUT2D eigenvalue weighted by Gasteiger charge is 2.30. The fraction of sp³-hybridized carbons (Fsp3) is 0.235. The van der Waals surface area contributed by atoms with Crippen LogP contribution in [-0.4, -0.2) is 17.4 Å². The van der Waals surface area contributed by atoms with Gasteiger partial charge in [-0.05, 0) is 54.8 Å². The molecular formula is C17H15BrClNO. The number of hydrogen-bond donors (Lipinski definition) is 0. The Morgan fingerprint density at radius 3 is 2.67 bits per heavy atom. The van der Waals surface area contributed by atoms with E-state index in [1.807, 2.05) is 53.4 Å². The Morgan fingerprint density at radius 2 is 1.95 bits per heavy atom. The van der Waals surface area contributed by atoms with Gasteiger partial charge in [0.25, 0.3) is 5.91 Å². The minimum absolute atomic E-state index is 0.0879. The molecule has 0 saturated carbocycles. The number of benzene rings is 2. The minimum Gasteiger partial charge on any atom is -0.332 e. The van der Waals surface area contributed by atoms with E-state index in [4.69, 9.17) is 11.6 Å². The van der Waals surface area contributed by atoms with E-state index in [0.29, 0.717) is 0 Å². The van der Waals surface area contributed by atoms with E-state index in [1.165, 1.54) is 0 Å². The second kappa shape index (κ2) is 6.20. The molecule has 1 amide bonds. The van der Waals surface area contributed by atoms with Crippen molar-refractivity contribution >= 4 is 33.4 Å². The molecule has 21 heavy (non-hydrogen) atoms. The van der Waals surface area contributed by atoms with Crippen molar-refractivity contribution in [2.75, 3.05) is 6.54 Å². The third-order valence-electron chi connectivity index (χ3n) is 3.84.